The topological polar surface area (TPSA) is 59.9 Å². The molecule has 0 aliphatic carbocycles. The van der Waals surface area contributed by atoms with Gasteiger partial charge in [0.15, 0.2) is 6.61 Å². The lowest BCUT2D eigenvalue weighted by Gasteiger charge is -2.05. The first-order valence-corrected chi connectivity index (χ1v) is 7.39. The summed E-state index contributed by atoms with van der Waals surface area (Å²) in [5.41, 5.74) is 4.49. The van der Waals surface area contributed by atoms with Crippen LogP contribution >= 0.6 is 0 Å². The largest absolute Gasteiger partial charge is 0.497 e. The van der Waals surface area contributed by atoms with Crippen LogP contribution < -0.4 is 14.9 Å². The van der Waals surface area contributed by atoms with Gasteiger partial charge in [-0.05, 0) is 41.8 Å². The molecular formula is C18H20N2O3. The molecule has 5 nitrogen and oxygen atoms in total. The molecule has 0 spiro atoms. The van der Waals surface area contributed by atoms with Gasteiger partial charge in [0.05, 0.1) is 13.3 Å². The molecule has 1 N–H and O–H groups in total. The number of hydrazone groups is 1. The molecule has 0 unspecified atom stereocenters. The van der Waals surface area contributed by atoms with Crippen LogP contribution in [0.25, 0.3) is 0 Å². The highest BCUT2D eigenvalue weighted by Gasteiger charge is 2.01. The number of carbonyl (C=O) groups excluding carboxylic acids is 1. The molecule has 23 heavy (non-hydrogen) atoms. The molecule has 2 rings (SSSR count). The Hall–Kier alpha value is -2.82. The third-order valence-electron chi connectivity index (χ3n) is 3.20. The third kappa shape index (κ3) is 5.47. The van der Waals surface area contributed by atoms with E-state index in [0.717, 1.165) is 17.7 Å². The summed E-state index contributed by atoms with van der Waals surface area (Å²) in [6.07, 6.45) is 2.52. The fourth-order valence-corrected chi connectivity index (χ4v) is 1.90. The Labute approximate surface area is 135 Å². The van der Waals surface area contributed by atoms with Gasteiger partial charge < -0.3 is 9.47 Å². The zero-order chi connectivity index (χ0) is 16.5. The lowest BCUT2D eigenvalue weighted by Crippen LogP contribution is -2.24. The Kier molecular flexibility index (Phi) is 6.17. The molecule has 0 saturated heterocycles. The van der Waals surface area contributed by atoms with Crippen molar-refractivity contribution in [1.82, 2.24) is 5.43 Å². The number of hydrogen-bond acceptors (Lipinski definition) is 4. The van der Waals surface area contributed by atoms with E-state index in [4.69, 9.17) is 9.47 Å². The van der Waals surface area contributed by atoms with Gasteiger partial charge in [-0.25, -0.2) is 5.43 Å². The highest BCUT2D eigenvalue weighted by atomic mass is 16.5. The monoisotopic (exact) mass is 312 g/mol. The standard InChI is InChI=1S/C18H20N2O3/c1-3-14-7-9-16(10-8-14)23-13-18(21)20-19-12-15-5-4-6-17(11-15)22-2/h4-12H,3,13H2,1-2H3,(H,20,21)/b19-12+. The van der Waals surface area contributed by atoms with Gasteiger partial charge in [-0.3, -0.25) is 4.79 Å². The predicted molar refractivity (Wildman–Crippen MR) is 90.0 cm³/mol. The first-order chi connectivity index (χ1) is 11.2. The second-order valence-corrected chi connectivity index (χ2v) is 4.86. The second kappa shape index (κ2) is 8.58. The highest BCUT2D eigenvalue weighted by Crippen LogP contribution is 2.12. The van der Waals surface area contributed by atoms with Crippen molar-refractivity contribution in [3.8, 4) is 11.5 Å². The molecule has 0 atom stereocenters. The molecule has 0 bridgehead atoms. The number of aryl methyl sites for hydroxylation is 1. The minimum absolute atomic E-state index is 0.0824. The predicted octanol–water partition coefficient (Wildman–Crippen LogP) is 2.79. The van der Waals surface area contributed by atoms with E-state index in [1.807, 2.05) is 48.5 Å². The van der Waals surface area contributed by atoms with E-state index < -0.39 is 0 Å². The number of methoxy groups -OCH3 is 1. The van der Waals surface area contributed by atoms with Crippen molar-refractivity contribution >= 4 is 12.1 Å². The maximum Gasteiger partial charge on any atom is 0.277 e. The molecule has 0 aliphatic rings. The lowest BCUT2D eigenvalue weighted by molar-refractivity contribution is -0.123. The molecule has 0 saturated carbocycles. The van der Waals surface area contributed by atoms with Crippen LogP contribution in [0.3, 0.4) is 0 Å². The van der Waals surface area contributed by atoms with E-state index in [9.17, 15) is 4.79 Å². The van der Waals surface area contributed by atoms with Crippen LogP contribution in [-0.2, 0) is 11.2 Å². The summed E-state index contributed by atoms with van der Waals surface area (Å²) in [5.74, 6) is 1.08. The Bertz CT molecular complexity index is 666. The van der Waals surface area contributed by atoms with Gasteiger partial charge >= 0.3 is 0 Å². The zero-order valence-corrected chi connectivity index (χ0v) is 13.3. The van der Waals surface area contributed by atoms with E-state index in [0.29, 0.717) is 5.75 Å². The van der Waals surface area contributed by atoms with Gasteiger partial charge in [0, 0.05) is 0 Å². The van der Waals surface area contributed by atoms with Crippen molar-refractivity contribution in [1.29, 1.82) is 0 Å². The Balaban J connectivity index is 1.78. The molecule has 2 aromatic rings. The Morgan fingerprint density at radius 3 is 2.65 bits per heavy atom. The number of nitrogens with zero attached hydrogens (tertiary/aromatic N) is 1. The zero-order valence-electron chi connectivity index (χ0n) is 13.3. The molecule has 2 aromatic carbocycles. The van der Waals surface area contributed by atoms with Crippen molar-refractivity contribution in [2.75, 3.05) is 13.7 Å². The van der Waals surface area contributed by atoms with Gasteiger partial charge in [-0.1, -0.05) is 31.2 Å². The summed E-state index contributed by atoms with van der Waals surface area (Å²) in [4.78, 5) is 11.7. The minimum Gasteiger partial charge on any atom is -0.497 e. The van der Waals surface area contributed by atoms with E-state index in [1.165, 1.54) is 5.56 Å². The van der Waals surface area contributed by atoms with Crippen LogP contribution in [0.15, 0.2) is 53.6 Å². The third-order valence-corrected chi connectivity index (χ3v) is 3.20. The van der Waals surface area contributed by atoms with Crippen molar-refractivity contribution in [3.05, 3.63) is 59.7 Å². The maximum absolute atomic E-state index is 11.7. The van der Waals surface area contributed by atoms with Crippen LogP contribution in [0, 0.1) is 0 Å². The van der Waals surface area contributed by atoms with Gasteiger partial charge in [0.1, 0.15) is 11.5 Å². The molecule has 0 heterocycles. The van der Waals surface area contributed by atoms with Crippen molar-refractivity contribution < 1.29 is 14.3 Å². The Morgan fingerprint density at radius 2 is 1.96 bits per heavy atom. The molecule has 0 radical (unpaired) electrons. The number of amides is 1. The quantitative estimate of drug-likeness (QED) is 0.632. The number of rotatable bonds is 7. The normalized spacial score (nSPS) is 10.5. The van der Waals surface area contributed by atoms with E-state index in [-0.39, 0.29) is 12.5 Å². The summed E-state index contributed by atoms with van der Waals surface area (Å²) >= 11 is 0. The summed E-state index contributed by atoms with van der Waals surface area (Å²) < 4.78 is 10.5. The maximum atomic E-state index is 11.7. The highest BCUT2D eigenvalue weighted by molar-refractivity contribution is 5.83. The summed E-state index contributed by atoms with van der Waals surface area (Å²) in [5, 5.41) is 3.90. The van der Waals surface area contributed by atoms with E-state index in [1.54, 1.807) is 13.3 Å². The fraction of sp³-hybridized carbons (Fsp3) is 0.222. The summed E-state index contributed by atoms with van der Waals surface area (Å²) in [6.45, 7) is 2.00. The Morgan fingerprint density at radius 1 is 1.17 bits per heavy atom. The van der Waals surface area contributed by atoms with Gasteiger partial charge in [-0.15, -0.1) is 0 Å². The molecule has 1 amide bonds. The molecular weight excluding hydrogens is 292 g/mol. The van der Waals surface area contributed by atoms with Crippen molar-refractivity contribution in [2.45, 2.75) is 13.3 Å². The van der Waals surface area contributed by atoms with Crippen molar-refractivity contribution in [3.63, 3.8) is 0 Å². The molecule has 0 fully saturated rings. The first-order valence-electron chi connectivity index (χ1n) is 7.39. The number of carbonyl (C=O) groups is 1. The molecule has 0 aliphatic heterocycles. The molecule has 120 valence electrons. The average Bonchev–Trinajstić information content (AvgIpc) is 2.60. The lowest BCUT2D eigenvalue weighted by atomic mass is 10.2. The van der Waals surface area contributed by atoms with E-state index >= 15 is 0 Å². The average molecular weight is 312 g/mol. The van der Waals surface area contributed by atoms with Crippen LogP contribution in [0.2, 0.25) is 0 Å². The second-order valence-electron chi connectivity index (χ2n) is 4.86. The molecule has 5 heteroatoms. The van der Waals surface area contributed by atoms with Gasteiger partial charge in [-0.2, -0.15) is 5.10 Å². The molecule has 0 aromatic heterocycles. The smallest absolute Gasteiger partial charge is 0.277 e. The van der Waals surface area contributed by atoms with Crippen molar-refractivity contribution in [2.24, 2.45) is 5.10 Å². The van der Waals surface area contributed by atoms with Crippen LogP contribution in [0.1, 0.15) is 18.1 Å². The number of benzene rings is 2. The van der Waals surface area contributed by atoms with Crippen LogP contribution in [0.5, 0.6) is 11.5 Å². The van der Waals surface area contributed by atoms with Gasteiger partial charge in [0.2, 0.25) is 0 Å². The SMILES string of the molecule is CCc1ccc(OCC(=O)N/N=C/c2cccc(OC)c2)cc1. The summed E-state index contributed by atoms with van der Waals surface area (Å²) in [6, 6.07) is 15.0. The summed E-state index contributed by atoms with van der Waals surface area (Å²) in [7, 11) is 1.60. The van der Waals surface area contributed by atoms with Crippen LogP contribution in [-0.4, -0.2) is 25.8 Å². The first kappa shape index (κ1) is 16.5. The fourth-order valence-electron chi connectivity index (χ4n) is 1.90. The minimum atomic E-state index is -0.316. The number of ether oxygens (including phenoxy) is 2. The number of hydrogen-bond donors (Lipinski definition) is 1. The van der Waals surface area contributed by atoms with E-state index in [2.05, 4.69) is 17.5 Å². The van der Waals surface area contributed by atoms with Gasteiger partial charge in [0.25, 0.3) is 5.91 Å². The number of nitrogens with one attached hydrogen (secondary N) is 1. The van der Waals surface area contributed by atoms with Crippen LogP contribution in [0.4, 0.5) is 0 Å².